The van der Waals surface area contributed by atoms with E-state index in [2.05, 4.69) is 15.0 Å². The van der Waals surface area contributed by atoms with Crippen molar-refractivity contribution in [3.63, 3.8) is 0 Å². The quantitative estimate of drug-likeness (QED) is 0.781. The van der Waals surface area contributed by atoms with E-state index >= 15 is 0 Å². The summed E-state index contributed by atoms with van der Waals surface area (Å²) in [4.78, 5) is 10.4. The van der Waals surface area contributed by atoms with E-state index in [0.717, 1.165) is 0 Å². The van der Waals surface area contributed by atoms with Crippen molar-refractivity contribution in [3.05, 3.63) is 46.2 Å². The number of aromatic nitrogens is 3. The van der Waals surface area contributed by atoms with Gasteiger partial charge in [-0.25, -0.2) is 9.37 Å². The van der Waals surface area contributed by atoms with Crippen LogP contribution in [0.5, 0.6) is 0 Å². The number of anilines is 1. The second kappa shape index (κ2) is 4.36. The molecule has 0 bridgehead atoms. The third kappa shape index (κ3) is 2.40. The van der Waals surface area contributed by atoms with E-state index in [1.165, 1.54) is 6.07 Å². The van der Waals surface area contributed by atoms with Gasteiger partial charge in [-0.1, -0.05) is 18.2 Å². The fourth-order valence-corrected chi connectivity index (χ4v) is 1.56. The van der Waals surface area contributed by atoms with Gasteiger partial charge >= 0.3 is 0 Å². The normalized spacial score (nSPS) is 10.3. The zero-order chi connectivity index (χ0) is 11.5. The third-order valence-corrected chi connectivity index (χ3v) is 2.22. The molecule has 0 saturated heterocycles. The predicted molar refractivity (Wildman–Crippen MR) is 60.8 cm³/mol. The Morgan fingerprint density at radius 3 is 2.75 bits per heavy atom. The number of hydrogen-bond donors (Lipinski definition) is 2. The highest BCUT2D eigenvalue weighted by atomic mass is 32.1. The topological polar surface area (TPSA) is 67.6 Å². The summed E-state index contributed by atoms with van der Waals surface area (Å²) >= 11 is 4.82. The summed E-state index contributed by atoms with van der Waals surface area (Å²) in [5.41, 5.74) is 6.02. The standard InChI is InChI=1S/C10H9FN4S/c11-7-4-2-1-3-6(7)5-8-13-9(12)15-10(16)14-8/h1-4H,5H2,(H3,12,13,14,15,16). The molecule has 2 rings (SSSR count). The van der Waals surface area contributed by atoms with Gasteiger partial charge in [0.25, 0.3) is 0 Å². The summed E-state index contributed by atoms with van der Waals surface area (Å²) in [6.45, 7) is 0. The van der Waals surface area contributed by atoms with Gasteiger partial charge in [0.2, 0.25) is 10.7 Å². The van der Waals surface area contributed by atoms with E-state index in [4.69, 9.17) is 18.0 Å². The number of H-pyrrole nitrogens is 1. The summed E-state index contributed by atoms with van der Waals surface area (Å²) in [7, 11) is 0. The van der Waals surface area contributed by atoms with E-state index in [1.807, 2.05) is 0 Å². The number of nitrogens with two attached hydrogens (primary N) is 1. The van der Waals surface area contributed by atoms with Crippen LogP contribution in [-0.4, -0.2) is 15.0 Å². The zero-order valence-electron chi connectivity index (χ0n) is 8.27. The lowest BCUT2D eigenvalue weighted by atomic mass is 10.1. The van der Waals surface area contributed by atoms with Gasteiger partial charge in [0.05, 0.1) is 0 Å². The minimum atomic E-state index is -0.279. The van der Waals surface area contributed by atoms with Crippen LogP contribution in [0.15, 0.2) is 24.3 Å². The Hall–Kier alpha value is -1.82. The van der Waals surface area contributed by atoms with Gasteiger partial charge in [-0.2, -0.15) is 4.98 Å². The molecule has 1 heterocycles. The average Bonchev–Trinajstić information content (AvgIpc) is 2.20. The van der Waals surface area contributed by atoms with Gasteiger partial charge in [-0.3, -0.25) is 0 Å². The summed E-state index contributed by atoms with van der Waals surface area (Å²) in [6.07, 6.45) is 0.309. The van der Waals surface area contributed by atoms with Crippen LogP contribution in [0.25, 0.3) is 0 Å². The Balaban J connectivity index is 2.34. The molecule has 0 aliphatic carbocycles. The molecule has 3 N–H and O–H groups in total. The van der Waals surface area contributed by atoms with Gasteiger partial charge in [0.1, 0.15) is 11.6 Å². The maximum absolute atomic E-state index is 13.4. The first-order valence-corrected chi connectivity index (χ1v) is 5.02. The molecule has 16 heavy (non-hydrogen) atoms. The molecule has 1 aromatic heterocycles. The maximum Gasteiger partial charge on any atom is 0.224 e. The molecule has 6 heteroatoms. The molecule has 0 aliphatic rings. The lowest BCUT2D eigenvalue weighted by Gasteiger charge is -2.03. The molecule has 0 aliphatic heterocycles. The second-order valence-corrected chi connectivity index (χ2v) is 3.60. The molecular formula is C10H9FN4S. The zero-order valence-corrected chi connectivity index (χ0v) is 9.09. The Morgan fingerprint density at radius 1 is 1.31 bits per heavy atom. The monoisotopic (exact) mass is 236 g/mol. The number of nitrogens with one attached hydrogen (secondary N) is 1. The SMILES string of the molecule is Nc1nc(=S)nc(Cc2ccccc2F)[nH]1. The van der Waals surface area contributed by atoms with Crippen LogP contribution in [0.4, 0.5) is 10.3 Å². The van der Waals surface area contributed by atoms with E-state index in [1.54, 1.807) is 18.2 Å². The second-order valence-electron chi connectivity index (χ2n) is 3.23. The minimum Gasteiger partial charge on any atom is -0.369 e. The molecule has 82 valence electrons. The summed E-state index contributed by atoms with van der Waals surface area (Å²) < 4.78 is 13.5. The number of aromatic amines is 1. The van der Waals surface area contributed by atoms with Crippen molar-refractivity contribution >= 4 is 18.2 Å². The first-order valence-electron chi connectivity index (χ1n) is 4.61. The van der Waals surface area contributed by atoms with Gasteiger partial charge < -0.3 is 10.7 Å². The van der Waals surface area contributed by atoms with Crippen molar-refractivity contribution in [2.45, 2.75) is 6.42 Å². The number of benzene rings is 1. The predicted octanol–water partition coefficient (Wildman–Crippen LogP) is 1.85. The van der Waals surface area contributed by atoms with Crippen molar-refractivity contribution < 1.29 is 4.39 Å². The molecular weight excluding hydrogens is 227 g/mol. The highest BCUT2D eigenvalue weighted by Gasteiger charge is 2.04. The molecule has 0 fully saturated rings. The van der Waals surface area contributed by atoms with Crippen LogP contribution in [0, 0.1) is 10.6 Å². The minimum absolute atomic E-state index is 0.155. The van der Waals surface area contributed by atoms with Gasteiger partial charge in [0.15, 0.2) is 0 Å². The molecule has 0 atom stereocenters. The summed E-state index contributed by atoms with van der Waals surface area (Å²) in [6, 6.07) is 6.48. The molecule has 1 aromatic carbocycles. The van der Waals surface area contributed by atoms with Crippen molar-refractivity contribution in [3.8, 4) is 0 Å². The van der Waals surface area contributed by atoms with Gasteiger partial charge in [-0.15, -0.1) is 0 Å². The smallest absolute Gasteiger partial charge is 0.224 e. The van der Waals surface area contributed by atoms with Crippen LogP contribution in [0.1, 0.15) is 11.4 Å². The molecule has 0 amide bonds. The number of halogens is 1. The van der Waals surface area contributed by atoms with Gasteiger partial charge in [-0.05, 0) is 23.8 Å². The fraction of sp³-hybridized carbons (Fsp3) is 0.100. The lowest BCUT2D eigenvalue weighted by Crippen LogP contribution is -2.04. The van der Waals surface area contributed by atoms with Crippen LogP contribution in [-0.2, 0) is 6.42 Å². The Morgan fingerprint density at radius 2 is 2.06 bits per heavy atom. The number of nitrogen functional groups attached to an aromatic ring is 1. The van der Waals surface area contributed by atoms with E-state index in [0.29, 0.717) is 17.8 Å². The molecule has 2 aromatic rings. The number of hydrogen-bond acceptors (Lipinski definition) is 4. The Labute approximate surface area is 96.4 Å². The van der Waals surface area contributed by atoms with E-state index in [9.17, 15) is 4.39 Å². The fourth-order valence-electron chi connectivity index (χ4n) is 1.35. The van der Waals surface area contributed by atoms with Crippen LogP contribution < -0.4 is 5.73 Å². The van der Waals surface area contributed by atoms with Crippen LogP contribution in [0.2, 0.25) is 0 Å². The number of nitrogens with zero attached hydrogens (tertiary/aromatic N) is 2. The molecule has 4 nitrogen and oxygen atoms in total. The summed E-state index contributed by atoms with van der Waals surface area (Å²) in [5.74, 6) is 0.410. The van der Waals surface area contributed by atoms with Crippen LogP contribution in [0.3, 0.4) is 0 Å². The highest BCUT2D eigenvalue weighted by Crippen LogP contribution is 2.10. The van der Waals surface area contributed by atoms with Crippen LogP contribution >= 0.6 is 12.2 Å². The van der Waals surface area contributed by atoms with Crippen molar-refractivity contribution in [2.75, 3.05) is 5.73 Å². The first-order chi connectivity index (χ1) is 7.65. The third-order valence-electron chi connectivity index (χ3n) is 2.03. The van der Waals surface area contributed by atoms with E-state index in [-0.39, 0.29) is 16.5 Å². The molecule has 0 saturated carbocycles. The molecule has 0 radical (unpaired) electrons. The highest BCUT2D eigenvalue weighted by molar-refractivity contribution is 7.71. The lowest BCUT2D eigenvalue weighted by molar-refractivity contribution is 0.612. The van der Waals surface area contributed by atoms with E-state index < -0.39 is 0 Å². The summed E-state index contributed by atoms with van der Waals surface area (Å²) in [5, 5.41) is 0. The number of rotatable bonds is 2. The maximum atomic E-state index is 13.4. The Kier molecular flexibility index (Phi) is 2.91. The Bertz CT molecular complexity index is 567. The van der Waals surface area contributed by atoms with Crippen molar-refractivity contribution in [1.82, 2.24) is 15.0 Å². The first kappa shape index (κ1) is 10.7. The van der Waals surface area contributed by atoms with Crippen molar-refractivity contribution in [2.24, 2.45) is 0 Å². The average molecular weight is 236 g/mol. The molecule has 0 spiro atoms. The largest absolute Gasteiger partial charge is 0.369 e. The van der Waals surface area contributed by atoms with Crippen molar-refractivity contribution in [1.29, 1.82) is 0 Å². The van der Waals surface area contributed by atoms with Gasteiger partial charge in [0, 0.05) is 6.42 Å². The molecule has 0 unspecified atom stereocenters.